The molecule has 162 valence electrons. The molecule has 0 radical (unpaired) electrons. The first kappa shape index (κ1) is 20.3. The molecule has 1 aliphatic carbocycles. The molecule has 3 aromatic rings. The van der Waals surface area contributed by atoms with Crippen molar-refractivity contribution < 1.29 is 9.90 Å². The quantitative estimate of drug-likeness (QED) is 0.421. The maximum atomic E-state index is 12.2. The number of anilines is 2. The van der Waals surface area contributed by atoms with Gasteiger partial charge in [-0.1, -0.05) is 36.8 Å². The average Bonchev–Trinajstić information content (AvgIpc) is 3.07. The third-order valence-electron chi connectivity index (χ3n) is 6.44. The molecule has 31 heavy (non-hydrogen) atoms. The van der Waals surface area contributed by atoms with Crippen LogP contribution in [0.15, 0.2) is 42.5 Å². The number of nitrogens with one attached hydrogen (secondary N) is 2. The summed E-state index contributed by atoms with van der Waals surface area (Å²) < 4.78 is 0. The van der Waals surface area contributed by atoms with Crippen LogP contribution < -0.4 is 16.4 Å². The standard InChI is InChI=1S/C24H28N4O2S/c25-22(29)21-19-10-11-28(13-15-4-3-5-15)14-20(19)31-23(21)27-24(30)26-18-9-8-16-6-1-2-7-17(16)12-18/h1-2,6-9,12,15,24,26-27,30H,3-5,10-11,13-14H2,(H2,25,29). The minimum Gasteiger partial charge on any atom is -0.365 e. The lowest BCUT2D eigenvalue weighted by molar-refractivity contribution is 0.0999. The van der Waals surface area contributed by atoms with E-state index in [4.69, 9.17) is 5.73 Å². The molecule has 7 heteroatoms. The van der Waals surface area contributed by atoms with Crippen molar-refractivity contribution in [2.75, 3.05) is 23.7 Å². The molecule has 2 aromatic carbocycles. The molecule has 1 amide bonds. The predicted molar refractivity (Wildman–Crippen MR) is 126 cm³/mol. The van der Waals surface area contributed by atoms with E-state index in [1.54, 1.807) is 0 Å². The molecule has 0 spiro atoms. The summed E-state index contributed by atoms with van der Waals surface area (Å²) in [4.78, 5) is 15.9. The number of rotatable bonds is 7. The van der Waals surface area contributed by atoms with E-state index in [2.05, 4.69) is 21.6 Å². The number of aliphatic hydroxyl groups excluding tert-OH is 1. The smallest absolute Gasteiger partial charge is 0.251 e. The van der Waals surface area contributed by atoms with Crippen molar-refractivity contribution in [2.24, 2.45) is 11.7 Å². The van der Waals surface area contributed by atoms with Crippen molar-refractivity contribution >= 4 is 38.7 Å². The SMILES string of the molecule is NC(=O)c1c(NC(O)Nc2ccc3ccccc3c2)sc2c1CCN(CC1CCC1)C2. The molecule has 1 aliphatic heterocycles. The van der Waals surface area contributed by atoms with Gasteiger partial charge in [0, 0.05) is 30.2 Å². The largest absolute Gasteiger partial charge is 0.365 e. The van der Waals surface area contributed by atoms with E-state index < -0.39 is 12.3 Å². The fourth-order valence-corrected chi connectivity index (χ4v) is 5.93. The summed E-state index contributed by atoms with van der Waals surface area (Å²) in [6.07, 6.45) is 3.81. The third kappa shape index (κ3) is 4.26. The second-order valence-corrected chi connectivity index (χ2v) is 9.71. The number of thiophene rings is 1. The van der Waals surface area contributed by atoms with Gasteiger partial charge in [0.2, 0.25) is 6.35 Å². The zero-order valence-electron chi connectivity index (χ0n) is 17.4. The average molecular weight is 437 g/mol. The number of fused-ring (bicyclic) bond motifs is 2. The number of nitrogens with zero attached hydrogens (tertiary/aromatic N) is 1. The van der Waals surface area contributed by atoms with Crippen LogP contribution in [0.25, 0.3) is 10.8 Å². The first-order chi connectivity index (χ1) is 15.1. The number of primary amides is 1. The van der Waals surface area contributed by atoms with Crippen LogP contribution in [-0.4, -0.2) is 35.4 Å². The summed E-state index contributed by atoms with van der Waals surface area (Å²) in [5, 5.41) is 19.6. The Morgan fingerprint density at radius 3 is 2.74 bits per heavy atom. The van der Waals surface area contributed by atoms with Crippen molar-refractivity contribution in [3.05, 3.63) is 58.5 Å². The van der Waals surface area contributed by atoms with Crippen molar-refractivity contribution in [2.45, 2.75) is 38.6 Å². The number of nitrogens with two attached hydrogens (primary N) is 1. The Morgan fingerprint density at radius 2 is 2.00 bits per heavy atom. The summed E-state index contributed by atoms with van der Waals surface area (Å²) >= 11 is 1.53. The van der Waals surface area contributed by atoms with Crippen LogP contribution in [0.5, 0.6) is 0 Å². The molecule has 1 atom stereocenters. The van der Waals surface area contributed by atoms with Crippen LogP contribution in [-0.2, 0) is 13.0 Å². The maximum Gasteiger partial charge on any atom is 0.251 e. The highest BCUT2D eigenvalue weighted by Gasteiger charge is 2.29. The van der Waals surface area contributed by atoms with Crippen LogP contribution in [0.2, 0.25) is 0 Å². The van der Waals surface area contributed by atoms with Gasteiger partial charge in [0.1, 0.15) is 5.00 Å². The Balaban J connectivity index is 1.31. The molecular weight excluding hydrogens is 408 g/mol. The predicted octanol–water partition coefficient (Wildman–Crippen LogP) is 3.96. The van der Waals surface area contributed by atoms with Crippen molar-refractivity contribution in [3.63, 3.8) is 0 Å². The third-order valence-corrected chi connectivity index (χ3v) is 7.59. The molecule has 1 aromatic heterocycles. The zero-order chi connectivity index (χ0) is 21.4. The number of carbonyl (C=O) groups is 1. The van der Waals surface area contributed by atoms with Gasteiger partial charge < -0.3 is 21.5 Å². The molecular formula is C24H28N4O2S. The van der Waals surface area contributed by atoms with Gasteiger partial charge >= 0.3 is 0 Å². The lowest BCUT2D eigenvalue weighted by atomic mass is 9.85. The number of aliphatic hydroxyl groups is 1. The molecule has 6 nitrogen and oxygen atoms in total. The first-order valence-electron chi connectivity index (χ1n) is 10.9. The highest BCUT2D eigenvalue weighted by molar-refractivity contribution is 7.16. The minimum absolute atomic E-state index is 0.439. The normalized spacial score (nSPS) is 17.7. The highest BCUT2D eigenvalue weighted by atomic mass is 32.1. The van der Waals surface area contributed by atoms with Gasteiger partial charge in [-0.15, -0.1) is 11.3 Å². The van der Waals surface area contributed by atoms with Gasteiger partial charge in [-0.25, -0.2) is 0 Å². The summed E-state index contributed by atoms with van der Waals surface area (Å²) in [7, 11) is 0. The molecule has 2 aliphatic rings. The van der Waals surface area contributed by atoms with E-state index in [1.807, 2.05) is 36.4 Å². The van der Waals surface area contributed by atoms with Crippen molar-refractivity contribution in [3.8, 4) is 0 Å². The fraction of sp³-hybridized carbons (Fsp3) is 0.375. The second-order valence-electron chi connectivity index (χ2n) is 8.61. The van der Waals surface area contributed by atoms with Crippen LogP contribution >= 0.6 is 11.3 Å². The van der Waals surface area contributed by atoms with Crippen molar-refractivity contribution in [1.82, 2.24) is 4.90 Å². The Kier molecular flexibility index (Phi) is 5.56. The molecule has 5 N–H and O–H groups in total. The Labute approximate surface area is 186 Å². The van der Waals surface area contributed by atoms with Gasteiger partial charge in [-0.3, -0.25) is 9.69 Å². The van der Waals surface area contributed by atoms with Gasteiger partial charge in [-0.05, 0) is 53.6 Å². The number of benzene rings is 2. The molecule has 1 fully saturated rings. The van der Waals surface area contributed by atoms with Crippen LogP contribution in [0.3, 0.4) is 0 Å². The molecule has 1 saturated carbocycles. The second kappa shape index (κ2) is 8.49. The Bertz CT molecular complexity index is 1110. The molecule has 1 unspecified atom stereocenters. The Morgan fingerprint density at radius 1 is 1.19 bits per heavy atom. The molecule has 0 saturated heterocycles. The molecule has 0 bridgehead atoms. The number of carbonyl (C=O) groups excluding carboxylic acids is 1. The lowest BCUT2D eigenvalue weighted by Gasteiger charge is -2.34. The monoisotopic (exact) mass is 436 g/mol. The number of hydrogen-bond acceptors (Lipinski definition) is 6. The first-order valence-corrected chi connectivity index (χ1v) is 11.7. The van der Waals surface area contributed by atoms with Gasteiger partial charge in [-0.2, -0.15) is 0 Å². The van der Waals surface area contributed by atoms with Gasteiger partial charge in [0.15, 0.2) is 0 Å². The van der Waals surface area contributed by atoms with E-state index in [0.29, 0.717) is 10.6 Å². The van der Waals surface area contributed by atoms with Crippen LogP contribution in [0, 0.1) is 5.92 Å². The summed E-state index contributed by atoms with van der Waals surface area (Å²) in [5.74, 6) is 0.382. The van der Waals surface area contributed by atoms with E-state index in [0.717, 1.165) is 54.0 Å². The van der Waals surface area contributed by atoms with E-state index >= 15 is 0 Å². The highest BCUT2D eigenvalue weighted by Crippen LogP contribution is 2.38. The topological polar surface area (TPSA) is 90.6 Å². The lowest BCUT2D eigenvalue weighted by Crippen LogP contribution is -2.36. The van der Waals surface area contributed by atoms with Crippen molar-refractivity contribution in [1.29, 1.82) is 0 Å². The molecule has 5 rings (SSSR count). The van der Waals surface area contributed by atoms with Crippen LogP contribution in [0.1, 0.15) is 40.1 Å². The van der Waals surface area contributed by atoms with Crippen LogP contribution in [0.4, 0.5) is 10.7 Å². The Hall–Kier alpha value is -2.61. The maximum absolute atomic E-state index is 12.2. The van der Waals surface area contributed by atoms with Gasteiger partial charge in [0.05, 0.1) is 5.56 Å². The fourth-order valence-electron chi connectivity index (χ4n) is 4.61. The number of amides is 1. The summed E-state index contributed by atoms with van der Waals surface area (Å²) in [6, 6.07) is 14.0. The van der Waals surface area contributed by atoms with Gasteiger partial charge in [0.25, 0.3) is 5.91 Å². The zero-order valence-corrected chi connectivity index (χ0v) is 18.3. The summed E-state index contributed by atoms with van der Waals surface area (Å²) in [5.41, 5.74) is 8.10. The minimum atomic E-state index is -1.04. The van der Waals surface area contributed by atoms with E-state index in [-0.39, 0.29) is 0 Å². The van der Waals surface area contributed by atoms with E-state index in [9.17, 15) is 9.90 Å². The number of hydrogen-bond donors (Lipinski definition) is 4. The summed E-state index contributed by atoms with van der Waals surface area (Å²) in [6.45, 7) is 2.95. The van der Waals surface area contributed by atoms with E-state index in [1.165, 1.54) is 35.5 Å². The molecule has 2 heterocycles.